The molecule has 5 atom stereocenters. The number of carbonyl (C=O) groups excluding carboxylic acids is 1. The highest BCUT2D eigenvalue weighted by Gasteiger charge is 2.48. The van der Waals surface area contributed by atoms with Gasteiger partial charge in [-0.1, -0.05) is 36.2 Å². The number of carbonyl (C=O) groups is 2. The molecule has 0 aliphatic carbocycles. The molecule has 0 bridgehead atoms. The molecule has 1 N–H and O–H groups in total. The molecule has 0 radical (unpaired) electrons. The van der Waals surface area contributed by atoms with Crippen LogP contribution in [-0.2, 0) is 14.3 Å². The molecule has 226 valence electrons. The van der Waals surface area contributed by atoms with E-state index in [0.29, 0.717) is 52.2 Å². The number of carboxylic acids is 1. The first kappa shape index (κ1) is 30.3. The minimum absolute atomic E-state index is 0.0754. The lowest BCUT2D eigenvalue weighted by Crippen LogP contribution is -2.53. The van der Waals surface area contributed by atoms with Crippen LogP contribution in [-0.4, -0.2) is 85.7 Å². The fourth-order valence-electron chi connectivity index (χ4n) is 6.00. The van der Waals surface area contributed by atoms with Crippen LogP contribution in [0.4, 0.5) is 19.0 Å². The number of aryl methyl sites for hydroxylation is 1. The molecule has 2 aliphatic heterocycles. The van der Waals surface area contributed by atoms with Gasteiger partial charge in [-0.25, -0.2) is 19.4 Å². The zero-order valence-electron chi connectivity index (χ0n) is 23.0. The summed E-state index contributed by atoms with van der Waals surface area (Å²) in [5, 5.41) is 15.5. The Hall–Kier alpha value is -3.16. The van der Waals surface area contributed by atoms with Gasteiger partial charge in [0.25, 0.3) is 0 Å². The van der Waals surface area contributed by atoms with Gasteiger partial charge in [0, 0.05) is 42.1 Å². The van der Waals surface area contributed by atoms with Gasteiger partial charge in [-0.3, -0.25) is 9.69 Å². The lowest BCUT2D eigenvalue weighted by atomic mass is 9.91. The molecule has 0 spiro atoms. The standard InChI is InChI=1S/C27H29Cl2F3N6O4/c1-13-11-36(7-6-20(13)37-12-17(9-21(37)25(39)40)42-26(41)27(30,31)32)22-10-33-23-14(2)35-38(24(23)34-22)15(3)18-5-4-16(28)8-19(18)29/h4-5,8,10,13,15,17,20-21H,6-7,9,11-12H2,1-3H3,(H,39,40)/t13-,15-,17-,20+,21+/m1/s1. The minimum atomic E-state index is -5.14. The van der Waals surface area contributed by atoms with Crippen molar-refractivity contribution in [3.8, 4) is 0 Å². The number of carboxylic acid groups (broad SMARTS) is 1. The van der Waals surface area contributed by atoms with Crippen molar-refractivity contribution in [2.24, 2.45) is 5.92 Å². The van der Waals surface area contributed by atoms with Crippen molar-refractivity contribution in [1.82, 2.24) is 24.6 Å². The SMILES string of the molecule is Cc1nn([C@H](C)c2ccc(Cl)cc2Cl)c2nc(N3CC[C@H](N4C[C@H](OC(=O)C(F)(F)F)C[C@H]4C(=O)O)[C@H](C)C3)cnc12. The van der Waals surface area contributed by atoms with Gasteiger partial charge >= 0.3 is 18.1 Å². The number of likely N-dealkylation sites (tertiary alicyclic amines) is 1. The summed E-state index contributed by atoms with van der Waals surface area (Å²) in [5.41, 5.74) is 2.77. The van der Waals surface area contributed by atoms with Gasteiger partial charge in [0.05, 0.1) is 17.9 Å². The number of ether oxygens (including phenoxy) is 1. The largest absolute Gasteiger partial charge is 0.490 e. The summed E-state index contributed by atoms with van der Waals surface area (Å²) < 4.78 is 44.6. The number of hydrogen-bond donors (Lipinski definition) is 1. The van der Waals surface area contributed by atoms with Crippen LogP contribution in [0.25, 0.3) is 11.2 Å². The molecule has 0 amide bonds. The van der Waals surface area contributed by atoms with E-state index in [9.17, 15) is 27.9 Å². The highest BCUT2D eigenvalue weighted by atomic mass is 35.5. The monoisotopic (exact) mass is 628 g/mol. The van der Waals surface area contributed by atoms with E-state index in [4.69, 9.17) is 28.2 Å². The Kier molecular flexibility index (Phi) is 8.29. The molecular formula is C27H29Cl2F3N6O4. The molecule has 2 aromatic heterocycles. The second-order valence-corrected chi connectivity index (χ2v) is 11.7. The Labute approximate surface area is 249 Å². The van der Waals surface area contributed by atoms with Crippen LogP contribution in [0, 0.1) is 12.8 Å². The van der Waals surface area contributed by atoms with E-state index in [1.54, 1.807) is 27.9 Å². The Morgan fingerprint density at radius 3 is 2.60 bits per heavy atom. The van der Waals surface area contributed by atoms with Gasteiger partial charge in [-0.2, -0.15) is 18.3 Å². The Morgan fingerprint density at radius 1 is 1.21 bits per heavy atom. The van der Waals surface area contributed by atoms with Gasteiger partial charge < -0.3 is 14.7 Å². The highest BCUT2D eigenvalue weighted by Crippen LogP contribution is 2.34. The summed E-state index contributed by atoms with van der Waals surface area (Å²) >= 11 is 12.5. The summed E-state index contributed by atoms with van der Waals surface area (Å²) in [5.74, 6) is -2.92. The van der Waals surface area contributed by atoms with E-state index in [1.807, 2.05) is 31.7 Å². The number of aromatic nitrogens is 4. The van der Waals surface area contributed by atoms with Gasteiger partial charge in [-0.05, 0) is 43.9 Å². The van der Waals surface area contributed by atoms with Crippen LogP contribution < -0.4 is 4.90 Å². The normalized spacial score (nSPS) is 24.2. The summed E-state index contributed by atoms with van der Waals surface area (Å²) in [6, 6.07) is 3.73. The zero-order valence-corrected chi connectivity index (χ0v) is 24.5. The molecule has 2 saturated heterocycles. The van der Waals surface area contributed by atoms with Crippen LogP contribution in [0.2, 0.25) is 10.0 Å². The number of fused-ring (bicyclic) bond motifs is 1. The van der Waals surface area contributed by atoms with Crippen molar-refractivity contribution >= 4 is 52.1 Å². The lowest BCUT2D eigenvalue weighted by molar-refractivity contribution is -0.204. The van der Waals surface area contributed by atoms with Crippen molar-refractivity contribution < 1.29 is 32.6 Å². The number of hydrogen-bond acceptors (Lipinski definition) is 8. The maximum Gasteiger partial charge on any atom is 0.490 e. The predicted molar refractivity (Wildman–Crippen MR) is 149 cm³/mol. The number of halogens is 5. The van der Waals surface area contributed by atoms with E-state index in [0.717, 1.165) is 5.56 Å². The summed E-state index contributed by atoms with van der Waals surface area (Å²) in [4.78, 5) is 36.6. The maximum atomic E-state index is 12.7. The molecule has 15 heteroatoms. The first-order valence-electron chi connectivity index (χ1n) is 13.4. The van der Waals surface area contributed by atoms with E-state index in [-0.39, 0.29) is 31.0 Å². The lowest BCUT2D eigenvalue weighted by Gasteiger charge is -2.42. The molecule has 4 heterocycles. The van der Waals surface area contributed by atoms with Gasteiger partial charge in [0.15, 0.2) is 5.65 Å². The first-order chi connectivity index (χ1) is 19.7. The Balaban J connectivity index is 1.34. The number of aliphatic carboxylic acids is 1. The molecule has 1 aromatic carbocycles. The van der Waals surface area contributed by atoms with Crippen molar-refractivity contribution in [2.45, 2.75) is 64.0 Å². The van der Waals surface area contributed by atoms with Crippen LogP contribution in [0.5, 0.6) is 0 Å². The molecule has 2 fully saturated rings. The van der Waals surface area contributed by atoms with Crippen molar-refractivity contribution in [3.05, 3.63) is 45.7 Å². The number of rotatable bonds is 6. The van der Waals surface area contributed by atoms with Gasteiger partial charge in [0.1, 0.15) is 23.5 Å². The van der Waals surface area contributed by atoms with Gasteiger partial charge in [-0.15, -0.1) is 0 Å². The third kappa shape index (κ3) is 5.86. The third-order valence-electron chi connectivity index (χ3n) is 8.04. The molecule has 10 nitrogen and oxygen atoms in total. The quantitative estimate of drug-likeness (QED) is 0.381. The van der Waals surface area contributed by atoms with E-state index < -0.39 is 30.3 Å². The molecule has 42 heavy (non-hydrogen) atoms. The zero-order chi connectivity index (χ0) is 30.5. The summed E-state index contributed by atoms with van der Waals surface area (Å²) in [6.45, 7) is 6.70. The molecule has 0 unspecified atom stereocenters. The average molecular weight is 629 g/mol. The van der Waals surface area contributed by atoms with E-state index in [2.05, 4.69) is 14.8 Å². The highest BCUT2D eigenvalue weighted by molar-refractivity contribution is 6.35. The first-order valence-corrected chi connectivity index (χ1v) is 14.2. The average Bonchev–Trinajstić information content (AvgIpc) is 3.48. The smallest absolute Gasteiger partial charge is 0.480 e. The number of piperidine rings is 1. The minimum Gasteiger partial charge on any atom is -0.480 e. The second kappa shape index (κ2) is 11.5. The number of esters is 1. The van der Waals surface area contributed by atoms with Gasteiger partial charge in [0.2, 0.25) is 0 Å². The second-order valence-electron chi connectivity index (χ2n) is 10.9. The Bertz CT molecular complexity index is 1520. The number of benzene rings is 1. The van der Waals surface area contributed by atoms with E-state index >= 15 is 0 Å². The third-order valence-corrected chi connectivity index (χ3v) is 8.60. The summed E-state index contributed by atoms with van der Waals surface area (Å²) in [7, 11) is 0. The van der Waals surface area contributed by atoms with Crippen molar-refractivity contribution in [2.75, 3.05) is 24.5 Å². The van der Waals surface area contributed by atoms with E-state index in [1.165, 1.54) is 0 Å². The molecular weight excluding hydrogens is 600 g/mol. The molecule has 5 rings (SSSR count). The molecule has 2 aliphatic rings. The van der Waals surface area contributed by atoms with Crippen LogP contribution in [0.3, 0.4) is 0 Å². The van der Waals surface area contributed by atoms with Crippen LogP contribution in [0.15, 0.2) is 24.4 Å². The predicted octanol–water partition coefficient (Wildman–Crippen LogP) is 4.90. The molecule has 3 aromatic rings. The Morgan fingerprint density at radius 2 is 1.95 bits per heavy atom. The van der Waals surface area contributed by atoms with Crippen LogP contribution >= 0.6 is 23.2 Å². The van der Waals surface area contributed by atoms with Crippen LogP contribution in [0.1, 0.15) is 44.0 Å². The number of nitrogens with zero attached hydrogens (tertiary/aromatic N) is 6. The van der Waals surface area contributed by atoms with Crippen molar-refractivity contribution in [3.63, 3.8) is 0 Å². The molecule has 0 saturated carbocycles. The number of alkyl halides is 3. The van der Waals surface area contributed by atoms with Crippen molar-refractivity contribution in [1.29, 1.82) is 0 Å². The maximum absolute atomic E-state index is 12.7. The fourth-order valence-corrected chi connectivity index (χ4v) is 6.57. The topological polar surface area (TPSA) is 114 Å². The number of anilines is 1. The summed E-state index contributed by atoms with van der Waals surface area (Å²) in [6.07, 6.45) is -4.29. The fraction of sp³-hybridized carbons (Fsp3) is 0.519.